The van der Waals surface area contributed by atoms with Crippen molar-refractivity contribution in [3.8, 4) is 0 Å². The molecule has 0 saturated carbocycles. The molecule has 0 aromatic heterocycles. The highest BCUT2D eigenvalue weighted by molar-refractivity contribution is 5.95. The fraction of sp³-hybridized carbons (Fsp3) is 0.471. The van der Waals surface area contributed by atoms with Crippen LogP contribution in [0, 0.1) is 5.92 Å². The van der Waals surface area contributed by atoms with Crippen molar-refractivity contribution in [1.82, 2.24) is 5.32 Å². The molecule has 0 aliphatic heterocycles. The highest BCUT2D eigenvalue weighted by atomic mass is 16.6. The highest BCUT2D eigenvalue weighted by Gasteiger charge is 2.30. The molecule has 1 atom stereocenters. The van der Waals surface area contributed by atoms with Gasteiger partial charge in [-0.05, 0) is 44.9 Å². The van der Waals surface area contributed by atoms with E-state index >= 15 is 0 Å². The molecule has 0 bridgehead atoms. The number of hydrogen-bond acceptors (Lipinski definition) is 5. The second-order valence-corrected chi connectivity index (χ2v) is 6.37. The number of carboxylic acid groups (broad SMARTS) is 1. The maximum atomic E-state index is 12.0. The molecule has 0 aliphatic carbocycles. The minimum Gasteiger partial charge on any atom is -0.481 e. The number of nitrogens with one attached hydrogen (secondary N) is 1. The van der Waals surface area contributed by atoms with Crippen molar-refractivity contribution in [3.05, 3.63) is 35.4 Å². The molecule has 0 radical (unpaired) electrons. The SMILES string of the molecule is CC(C)(C)OC(=O)C(CCNC(=O)c1ccc(CN)cc1)C(=O)O. The minimum atomic E-state index is -1.32. The molecular formula is C17H24N2O5. The van der Waals surface area contributed by atoms with E-state index in [2.05, 4.69) is 5.32 Å². The Morgan fingerprint density at radius 1 is 1.21 bits per heavy atom. The molecule has 1 aromatic carbocycles. The Balaban J connectivity index is 2.56. The molecule has 1 rings (SSSR count). The van der Waals surface area contributed by atoms with Crippen molar-refractivity contribution in [1.29, 1.82) is 0 Å². The molecule has 0 spiro atoms. The zero-order valence-corrected chi connectivity index (χ0v) is 14.2. The van der Waals surface area contributed by atoms with Crippen molar-refractivity contribution >= 4 is 17.8 Å². The van der Waals surface area contributed by atoms with Gasteiger partial charge in [-0.25, -0.2) is 0 Å². The van der Waals surface area contributed by atoms with Gasteiger partial charge >= 0.3 is 11.9 Å². The van der Waals surface area contributed by atoms with Gasteiger partial charge in [-0.1, -0.05) is 12.1 Å². The van der Waals surface area contributed by atoms with Crippen LogP contribution in [0.15, 0.2) is 24.3 Å². The Morgan fingerprint density at radius 2 is 1.79 bits per heavy atom. The van der Waals surface area contributed by atoms with Crippen LogP contribution in [0.4, 0.5) is 0 Å². The van der Waals surface area contributed by atoms with Crippen LogP contribution in [0.1, 0.15) is 43.1 Å². The average Bonchev–Trinajstić information content (AvgIpc) is 2.49. The number of aliphatic carboxylic acids is 1. The Kier molecular flexibility index (Phi) is 6.91. The number of hydrogen-bond donors (Lipinski definition) is 3. The molecule has 0 heterocycles. The maximum absolute atomic E-state index is 12.0. The van der Waals surface area contributed by atoms with Crippen molar-refractivity contribution in [2.24, 2.45) is 11.7 Å². The first-order chi connectivity index (χ1) is 11.1. The molecule has 0 fully saturated rings. The van der Waals surface area contributed by atoms with Crippen molar-refractivity contribution < 1.29 is 24.2 Å². The summed E-state index contributed by atoms with van der Waals surface area (Å²) in [6.45, 7) is 5.43. The topological polar surface area (TPSA) is 119 Å². The van der Waals surface area contributed by atoms with Gasteiger partial charge in [0.25, 0.3) is 5.91 Å². The minimum absolute atomic E-state index is 0.0448. The first-order valence-corrected chi connectivity index (χ1v) is 7.67. The summed E-state index contributed by atoms with van der Waals surface area (Å²) in [6.07, 6.45) is -0.0448. The van der Waals surface area contributed by atoms with E-state index < -0.39 is 23.5 Å². The van der Waals surface area contributed by atoms with Crippen LogP contribution >= 0.6 is 0 Å². The van der Waals surface area contributed by atoms with Crippen molar-refractivity contribution in [3.63, 3.8) is 0 Å². The van der Waals surface area contributed by atoms with Crippen LogP contribution in [0.5, 0.6) is 0 Å². The normalized spacial score (nSPS) is 12.3. The predicted molar refractivity (Wildman–Crippen MR) is 88.3 cm³/mol. The third kappa shape index (κ3) is 6.37. The predicted octanol–water partition coefficient (Wildman–Crippen LogP) is 1.31. The summed E-state index contributed by atoms with van der Waals surface area (Å²) >= 11 is 0. The molecule has 0 aliphatic rings. The number of benzene rings is 1. The molecule has 7 nitrogen and oxygen atoms in total. The zero-order chi connectivity index (χ0) is 18.3. The van der Waals surface area contributed by atoms with E-state index in [0.717, 1.165) is 5.56 Å². The average molecular weight is 336 g/mol. The van der Waals surface area contributed by atoms with E-state index in [1.807, 2.05) is 0 Å². The van der Waals surface area contributed by atoms with Crippen LogP contribution in [0.3, 0.4) is 0 Å². The summed E-state index contributed by atoms with van der Waals surface area (Å²) in [5, 5.41) is 11.8. The number of amides is 1. The third-order valence-corrected chi connectivity index (χ3v) is 3.16. The molecule has 7 heteroatoms. The van der Waals surface area contributed by atoms with Gasteiger partial charge in [0.05, 0.1) is 0 Å². The number of rotatable bonds is 7. The Labute approximate surface area is 141 Å². The first kappa shape index (κ1) is 19.6. The van der Waals surface area contributed by atoms with Crippen molar-refractivity contribution in [2.45, 2.75) is 39.3 Å². The van der Waals surface area contributed by atoms with Gasteiger partial charge in [0.2, 0.25) is 0 Å². The molecule has 0 saturated heterocycles. The maximum Gasteiger partial charge on any atom is 0.320 e. The van der Waals surface area contributed by atoms with E-state index in [0.29, 0.717) is 12.1 Å². The summed E-state index contributed by atoms with van der Waals surface area (Å²) < 4.78 is 5.08. The fourth-order valence-electron chi connectivity index (χ4n) is 1.94. The molecule has 132 valence electrons. The van der Waals surface area contributed by atoms with Gasteiger partial charge in [-0.2, -0.15) is 0 Å². The third-order valence-electron chi connectivity index (χ3n) is 3.16. The van der Waals surface area contributed by atoms with E-state index in [1.54, 1.807) is 45.0 Å². The first-order valence-electron chi connectivity index (χ1n) is 7.67. The number of nitrogens with two attached hydrogens (primary N) is 1. The highest BCUT2D eigenvalue weighted by Crippen LogP contribution is 2.14. The summed E-state index contributed by atoms with van der Waals surface area (Å²) in [6, 6.07) is 6.77. The standard InChI is InChI=1S/C17H24N2O5/c1-17(2,3)24-16(23)13(15(21)22)8-9-19-14(20)12-6-4-11(10-18)5-7-12/h4-7,13H,8-10,18H2,1-3H3,(H,19,20)(H,21,22). The van der Waals surface area contributed by atoms with Gasteiger partial charge < -0.3 is 20.9 Å². The molecule has 4 N–H and O–H groups in total. The van der Waals surface area contributed by atoms with Crippen LogP contribution in [0.25, 0.3) is 0 Å². The monoisotopic (exact) mass is 336 g/mol. The van der Waals surface area contributed by atoms with E-state index in [4.69, 9.17) is 15.6 Å². The number of carboxylic acids is 1. The van der Waals surface area contributed by atoms with Gasteiger partial charge in [-0.15, -0.1) is 0 Å². The zero-order valence-electron chi connectivity index (χ0n) is 14.2. The van der Waals surface area contributed by atoms with Gasteiger partial charge in [0, 0.05) is 18.7 Å². The van der Waals surface area contributed by atoms with E-state index in [-0.39, 0.29) is 18.9 Å². The summed E-state index contributed by atoms with van der Waals surface area (Å²) in [4.78, 5) is 35.1. The number of ether oxygens (including phenoxy) is 1. The number of esters is 1. The summed E-state index contributed by atoms with van der Waals surface area (Å²) in [5.41, 5.74) is 6.07. The lowest BCUT2D eigenvalue weighted by molar-refractivity contribution is -0.167. The van der Waals surface area contributed by atoms with Crippen LogP contribution in [-0.4, -0.2) is 35.1 Å². The molecule has 1 unspecified atom stereocenters. The Hall–Kier alpha value is -2.41. The lowest BCUT2D eigenvalue weighted by atomic mass is 10.1. The molecule has 1 amide bonds. The van der Waals surface area contributed by atoms with Gasteiger partial charge in [0.15, 0.2) is 5.92 Å². The van der Waals surface area contributed by atoms with E-state index in [9.17, 15) is 14.4 Å². The smallest absolute Gasteiger partial charge is 0.320 e. The molecule has 1 aromatic rings. The molecule has 24 heavy (non-hydrogen) atoms. The van der Waals surface area contributed by atoms with Gasteiger partial charge in [-0.3, -0.25) is 14.4 Å². The second-order valence-electron chi connectivity index (χ2n) is 6.37. The summed E-state index contributed by atoms with van der Waals surface area (Å²) in [5.74, 6) is -3.74. The van der Waals surface area contributed by atoms with Crippen LogP contribution in [0.2, 0.25) is 0 Å². The van der Waals surface area contributed by atoms with Crippen LogP contribution in [-0.2, 0) is 20.9 Å². The number of carbonyl (C=O) groups excluding carboxylic acids is 2. The lowest BCUT2D eigenvalue weighted by Gasteiger charge is -2.22. The quantitative estimate of drug-likeness (QED) is 0.510. The summed E-state index contributed by atoms with van der Waals surface area (Å²) in [7, 11) is 0. The largest absolute Gasteiger partial charge is 0.481 e. The lowest BCUT2D eigenvalue weighted by Crippen LogP contribution is -2.35. The van der Waals surface area contributed by atoms with E-state index in [1.165, 1.54) is 0 Å². The van der Waals surface area contributed by atoms with Crippen molar-refractivity contribution in [2.75, 3.05) is 6.54 Å². The Bertz CT molecular complexity index is 590. The fourth-order valence-corrected chi connectivity index (χ4v) is 1.94. The number of carbonyl (C=O) groups is 3. The molecular weight excluding hydrogens is 312 g/mol. The second kappa shape index (κ2) is 8.44. The van der Waals surface area contributed by atoms with Crippen LogP contribution < -0.4 is 11.1 Å². The Morgan fingerprint density at radius 3 is 2.25 bits per heavy atom. The van der Waals surface area contributed by atoms with Gasteiger partial charge in [0.1, 0.15) is 5.60 Å².